The Morgan fingerprint density at radius 3 is 2.48 bits per heavy atom. The third kappa shape index (κ3) is 3.63. The van der Waals surface area contributed by atoms with Crippen molar-refractivity contribution < 1.29 is 22.0 Å². The van der Waals surface area contributed by atoms with Crippen LogP contribution in [-0.4, -0.2) is 38.8 Å². The lowest BCUT2D eigenvalue weighted by Crippen LogP contribution is -2.48. The van der Waals surface area contributed by atoms with E-state index < -0.39 is 29.1 Å². The Hall–Kier alpha value is -2.07. The van der Waals surface area contributed by atoms with Crippen molar-refractivity contribution >= 4 is 0 Å². The highest BCUT2D eigenvalue weighted by Crippen LogP contribution is 2.42. The Kier molecular flexibility index (Phi) is 5.10. The molecule has 0 amide bonds. The predicted octanol–water partition coefficient (Wildman–Crippen LogP) is 3.23. The summed E-state index contributed by atoms with van der Waals surface area (Å²) in [5.41, 5.74) is 5.68. The molecule has 2 heterocycles. The molecule has 1 saturated carbocycles. The fourth-order valence-electron chi connectivity index (χ4n) is 4.71. The number of halogens is 5. The van der Waals surface area contributed by atoms with E-state index in [2.05, 4.69) is 15.1 Å². The summed E-state index contributed by atoms with van der Waals surface area (Å²) in [6, 6.07) is 3.58. The predicted molar refractivity (Wildman–Crippen MR) is 94.8 cm³/mol. The molecular formula is C19H22F5N5. The van der Waals surface area contributed by atoms with Gasteiger partial charge in [0.1, 0.15) is 17.5 Å². The first-order chi connectivity index (χ1) is 13.7. The topological polar surface area (TPSA) is 60.0 Å². The van der Waals surface area contributed by atoms with Gasteiger partial charge in [0.2, 0.25) is 5.82 Å². The van der Waals surface area contributed by atoms with Gasteiger partial charge >= 0.3 is 6.18 Å². The SMILES string of the molecule is NC[C@]1(c2cc(F)ccc2F)CC[C@H](N2CCn3c(nnc3C(F)(F)F)C2)CC1. The Balaban J connectivity index is 1.47. The number of nitrogens with zero attached hydrogens (tertiary/aromatic N) is 4. The summed E-state index contributed by atoms with van der Waals surface area (Å²) in [5.74, 6) is -1.61. The van der Waals surface area contributed by atoms with E-state index in [4.69, 9.17) is 5.73 Å². The van der Waals surface area contributed by atoms with Gasteiger partial charge in [0.25, 0.3) is 0 Å². The summed E-state index contributed by atoms with van der Waals surface area (Å²) in [6.07, 6.45) is -1.94. The molecule has 0 atom stereocenters. The lowest BCUT2D eigenvalue weighted by atomic mass is 9.67. The van der Waals surface area contributed by atoms with E-state index in [1.54, 1.807) is 0 Å². The highest BCUT2D eigenvalue weighted by Gasteiger charge is 2.42. The minimum atomic E-state index is -4.52. The molecule has 0 spiro atoms. The first-order valence-electron chi connectivity index (χ1n) is 9.62. The average molecular weight is 415 g/mol. The zero-order valence-electron chi connectivity index (χ0n) is 15.7. The van der Waals surface area contributed by atoms with Crippen LogP contribution in [0.4, 0.5) is 22.0 Å². The van der Waals surface area contributed by atoms with Crippen LogP contribution in [0.3, 0.4) is 0 Å². The molecule has 4 rings (SSSR count). The van der Waals surface area contributed by atoms with Crippen molar-refractivity contribution in [2.45, 2.75) is 56.4 Å². The van der Waals surface area contributed by atoms with Gasteiger partial charge in [-0.3, -0.25) is 4.90 Å². The maximum Gasteiger partial charge on any atom is 0.451 e. The quantitative estimate of drug-likeness (QED) is 0.782. The van der Waals surface area contributed by atoms with Crippen LogP contribution in [0.5, 0.6) is 0 Å². The van der Waals surface area contributed by atoms with Crippen molar-refractivity contribution in [3.63, 3.8) is 0 Å². The number of fused-ring (bicyclic) bond motifs is 1. The minimum absolute atomic E-state index is 0.131. The van der Waals surface area contributed by atoms with E-state index >= 15 is 0 Å². The van der Waals surface area contributed by atoms with Crippen LogP contribution < -0.4 is 5.73 Å². The van der Waals surface area contributed by atoms with Crippen LogP contribution in [0.25, 0.3) is 0 Å². The summed E-state index contributed by atoms with van der Waals surface area (Å²) in [7, 11) is 0. The smallest absolute Gasteiger partial charge is 0.330 e. The molecule has 1 aromatic carbocycles. The number of hydrogen-bond acceptors (Lipinski definition) is 4. The monoisotopic (exact) mass is 415 g/mol. The molecule has 158 valence electrons. The maximum absolute atomic E-state index is 14.4. The van der Waals surface area contributed by atoms with E-state index in [-0.39, 0.29) is 25.7 Å². The average Bonchev–Trinajstić information content (AvgIpc) is 3.13. The maximum atomic E-state index is 14.4. The van der Waals surface area contributed by atoms with Gasteiger partial charge in [-0.25, -0.2) is 8.78 Å². The lowest BCUT2D eigenvalue weighted by molar-refractivity contribution is -0.148. The number of rotatable bonds is 3. The molecule has 10 heteroatoms. The number of benzene rings is 1. The lowest BCUT2D eigenvalue weighted by Gasteiger charge is -2.44. The van der Waals surface area contributed by atoms with Crippen molar-refractivity contribution in [2.24, 2.45) is 5.73 Å². The standard InChI is InChI=1S/C19H22F5N5/c20-12-1-2-15(21)14(9-12)18(11-25)5-3-13(4-6-18)28-7-8-29-16(10-28)26-27-17(29)19(22,23)24/h1-2,9,13H,3-8,10-11,25H2/t13-,18-. The molecule has 2 aromatic rings. The van der Waals surface area contributed by atoms with Crippen molar-refractivity contribution in [3.05, 3.63) is 47.0 Å². The highest BCUT2D eigenvalue weighted by atomic mass is 19.4. The minimum Gasteiger partial charge on any atom is -0.330 e. The second-order valence-electron chi connectivity index (χ2n) is 7.90. The third-order valence-corrected chi connectivity index (χ3v) is 6.36. The second-order valence-corrected chi connectivity index (χ2v) is 7.90. The first-order valence-corrected chi connectivity index (χ1v) is 9.62. The molecule has 1 fully saturated rings. The van der Waals surface area contributed by atoms with E-state index in [0.29, 0.717) is 43.6 Å². The molecule has 2 aliphatic rings. The van der Waals surface area contributed by atoms with Gasteiger partial charge < -0.3 is 10.3 Å². The second kappa shape index (κ2) is 7.32. The van der Waals surface area contributed by atoms with E-state index in [9.17, 15) is 22.0 Å². The zero-order valence-corrected chi connectivity index (χ0v) is 15.7. The number of hydrogen-bond donors (Lipinski definition) is 1. The van der Waals surface area contributed by atoms with Crippen LogP contribution in [0.1, 0.15) is 42.9 Å². The van der Waals surface area contributed by atoms with Crippen LogP contribution in [-0.2, 0) is 24.7 Å². The fraction of sp³-hybridized carbons (Fsp3) is 0.579. The Labute approximate surface area is 164 Å². The molecule has 1 aliphatic carbocycles. The highest BCUT2D eigenvalue weighted by molar-refractivity contribution is 5.29. The van der Waals surface area contributed by atoms with Gasteiger partial charge in [-0.05, 0) is 49.4 Å². The zero-order chi connectivity index (χ0) is 20.8. The Morgan fingerprint density at radius 2 is 1.83 bits per heavy atom. The molecular weight excluding hydrogens is 393 g/mol. The third-order valence-electron chi connectivity index (χ3n) is 6.36. The van der Waals surface area contributed by atoms with Gasteiger partial charge in [-0.15, -0.1) is 10.2 Å². The van der Waals surface area contributed by atoms with Gasteiger partial charge in [0.05, 0.1) is 6.54 Å². The van der Waals surface area contributed by atoms with Crippen molar-refractivity contribution in [2.75, 3.05) is 13.1 Å². The summed E-state index contributed by atoms with van der Waals surface area (Å²) < 4.78 is 68.2. The van der Waals surface area contributed by atoms with Crippen molar-refractivity contribution in [3.8, 4) is 0 Å². The van der Waals surface area contributed by atoms with Crippen LogP contribution in [0, 0.1) is 11.6 Å². The van der Waals surface area contributed by atoms with E-state index in [1.165, 1.54) is 6.07 Å². The van der Waals surface area contributed by atoms with Crippen LogP contribution >= 0.6 is 0 Å². The molecule has 5 nitrogen and oxygen atoms in total. The van der Waals surface area contributed by atoms with Crippen LogP contribution in [0.15, 0.2) is 18.2 Å². The summed E-state index contributed by atoms with van der Waals surface area (Å²) >= 11 is 0. The summed E-state index contributed by atoms with van der Waals surface area (Å²) in [6.45, 7) is 1.14. The van der Waals surface area contributed by atoms with Gasteiger partial charge in [-0.1, -0.05) is 0 Å². The molecule has 1 aromatic heterocycles. The van der Waals surface area contributed by atoms with Crippen molar-refractivity contribution in [1.29, 1.82) is 0 Å². The molecule has 0 bridgehead atoms. The number of alkyl halides is 3. The van der Waals surface area contributed by atoms with Crippen LogP contribution in [0.2, 0.25) is 0 Å². The van der Waals surface area contributed by atoms with E-state index in [1.807, 2.05) is 0 Å². The van der Waals surface area contributed by atoms with Gasteiger partial charge in [0, 0.05) is 31.1 Å². The normalized spacial score (nSPS) is 25.8. The Morgan fingerprint density at radius 1 is 1.10 bits per heavy atom. The molecule has 1 aliphatic heterocycles. The van der Waals surface area contributed by atoms with Crippen molar-refractivity contribution in [1.82, 2.24) is 19.7 Å². The summed E-state index contributed by atoms with van der Waals surface area (Å²) in [4.78, 5) is 2.10. The molecule has 0 unspecified atom stereocenters. The van der Waals surface area contributed by atoms with Gasteiger partial charge in [-0.2, -0.15) is 13.2 Å². The van der Waals surface area contributed by atoms with E-state index in [0.717, 1.165) is 16.7 Å². The molecule has 0 radical (unpaired) electrons. The number of nitrogens with two attached hydrogens (primary N) is 1. The largest absolute Gasteiger partial charge is 0.451 e. The number of aromatic nitrogens is 3. The molecule has 0 saturated heterocycles. The molecule has 29 heavy (non-hydrogen) atoms. The van der Waals surface area contributed by atoms with Gasteiger partial charge in [0.15, 0.2) is 0 Å². The Bertz CT molecular complexity index is 886. The molecule has 2 N–H and O–H groups in total. The fourth-order valence-corrected chi connectivity index (χ4v) is 4.71. The first kappa shape index (κ1) is 20.2. The summed E-state index contributed by atoms with van der Waals surface area (Å²) in [5, 5.41) is 7.03.